The Morgan fingerprint density at radius 3 is 2.92 bits per heavy atom. The van der Waals surface area contributed by atoms with Gasteiger partial charge in [0.1, 0.15) is 0 Å². The van der Waals surface area contributed by atoms with Gasteiger partial charge in [0, 0.05) is 13.1 Å². The van der Waals surface area contributed by atoms with E-state index in [2.05, 4.69) is 4.98 Å². The van der Waals surface area contributed by atoms with Crippen LogP contribution in [-0.4, -0.2) is 20.6 Å². The number of aromatic nitrogens is 2. The molecule has 0 unspecified atom stereocenters. The Balaban J connectivity index is 2.59. The average molecular weight is 178 g/mol. The number of hydrogen-bond acceptors (Lipinski definition) is 2. The number of nitrogens with zero attached hydrogens (tertiary/aromatic N) is 2. The van der Waals surface area contributed by atoms with E-state index in [1.807, 2.05) is 11.6 Å². The van der Waals surface area contributed by atoms with Gasteiger partial charge < -0.3 is 9.67 Å². The first-order valence-electron chi connectivity index (χ1n) is 3.74. The Morgan fingerprint density at radius 2 is 2.38 bits per heavy atom. The summed E-state index contributed by atoms with van der Waals surface area (Å²) in [6, 6.07) is 0. The highest BCUT2D eigenvalue weighted by molar-refractivity contribution is 5.80. The Labute approximate surface area is 75.8 Å². The summed E-state index contributed by atoms with van der Waals surface area (Å²) in [7, 11) is 1.87. The number of hydrogen-bond donors (Lipinski definition) is 1. The predicted octanol–water partition coefficient (Wildman–Crippen LogP) is 1.07. The van der Waals surface area contributed by atoms with Gasteiger partial charge >= 0.3 is 5.97 Å². The molecular formula is C9H10N2O2. The summed E-state index contributed by atoms with van der Waals surface area (Å²) in [4.78, 5) is 14.0. The molecule has 1 aromatic heterocycles. The van der Waals surface area contributed by atoms with Gasteiger partial charge in [-0.25, -0.2) is 9.78 Å². The van der Waals surface area contributed by atoms with Crippen LogP contribution in [0.4, 0.5) is 0 Å². The van der Waals surface area contributed by atoms with Crippen molar-refractivity contribution in [2.75, 3.05) is 0 Å². The quantitative estimate of drug-likeness (QED) is 0.556. The smallest absolute Gasteiger partial charge is 0.328 e. The van der Waals surface area contributed by atoms with Crippen LogP contribution in [0.2, 0.25) is 0 Å². The summed E-state index contributed by atoms with van der Waals surface area (Å²) >= 11 is 0. The van der Waals surface area contributed by atoms with E-state index < -0.39 is 5.97 Å². The molecule has 0 aromatic carbocycles. The van der Waals surface area contributed by atoms with Crippen LogP contribution in [0.25, 0.3) is 6.08 Å². The second kappa shape index (κ2) is 4.25. The van der Waals surface area contributed by atoms with Crippen LogP contribution in [0.15, 0.2) is 30.8 Å². The lowest BCUT2D eigenvalue weighted by Crippen LogP contribution is -1.86. The normalized spacial score (nSPS) is 11.5. The van der Waals surface area contributed by atoms with Crippen molar-refractivity contribution in [2.24, 2.45) is 7.05 Å². The van der Waals surface area contributed by atoms with Crippen LogP contribution < -0.4 is 0 Å². The van der Waals surface area contributed by atoms with Crippen molar-refractivity contribution < 1.29 is 9.90 Å². The standard InChI is InChI=1S/C9H10N2O2/c1-11-7-10-6-8(11)4-2-3-5-9(12)13/h2-7H,1H3,(H,12,13)/b4-2+,5-3+. The van der Waals surface area contributed by atoms with Crippen molar-refractivity contribution in [3.05, 3.63) is 36.4 Å². The summed E-state index contributed by atoms with van der Waals surface area (Å²) in [5, 5.41) is 8.29. The molecule has 0 fully saturated rings. The van der Waals surface area contributed by atoms with Crippen LogP contribution >= 0.6 is 0 Å². The molecule has 1 aromatic rings. The third-order valence-electron chi connectivity index (χ3n) is 1.47. The third kappa shape index (κ3) is 2.94. The molecule has 1 rings (SSSR count). The first-order valence-corrected chi connectivity index (χ1v) is 3.74. The number of carboxylic acids is 1. The van der Waals surface area contributed by atoms with Crippen LogP contribution in [0.5, 0.6) is 0 Å². The molecule has 4 nitrogen and oxygen atoms in total. The molecule has 0 aliphatic rings. The van der Waals surface area contributed by atoms with Gasteiger partial charge in [0.2, 0.25) is 0 Å². The van der Waals surface area contributed by atoms with E-state index in [1.54, 1.807) is 24.7 Å². The van der Waals surface area contributed by atoms with Gasteiger partial charge in [0.25, 0.3) is 0 Å². The van der Waals surface area contributed by atoms with Gasteiger partial charge in [0.05, 0.1) is 18.2 Å². The van der Waals surface area contributed by atoms with E-state index in [-0.39, 0.29) is 0 Å². The zero-order valence-corrected chi connectivity index (χ0v) is 7.21. The topological polar surface area (TPSA) is 55.1 Å². The van der Waals surface area contributed by atoms with Gasteiger partial charge in [-0.15, -0.1) is 0 Å². The molecule has 68 valence electrons. The monoisotopic (exact) mass is 178 g/mol. The molecule has 0 saturated carbocycles. The number of carbonyl (C=O) groups is 1. The first-order chi connectivity index (χ1) is 6.20. The largest absolute Gasteiger partial charge is 0.478 e. The molecule has 0 saturated heterocycles. The molecule has 1 heterocycles. The van der Waals surface area contributed by atoms with Crippen LogP contribution in [-0.2, 0) is 11.8 Å². The van der Waals surface area contributed by atoms with Gasteiger partial charge in [-0.05, 0) is 6.08 Å². The zero-order chi connectivity index (χ0) is 9.68. The highest BCUT2D eigenvalue weighted by Crippen LogP contribution is 1.98. The zero-order valence-electron chi connectivity index (χ0n) is 7.21. The lowest BCUT2D eigenvalue weighted by Gasteiger charge is -1.91. The number of allylic oxidation sites excluding steroid dienone is 2. The van der Waals surface area contributed by atoms with E-state index in [0.29, 0.717) is 0 Å². The van der Waals surface area contributed by atoms with Crippen molar-refractivity contribution in [1.82, 2.24) is 9.55 Å². The van der Waals surface area contributed by atoms with Gasteiger partial charge in [-0.3, -0.25) is 0 Å². The molecule has 0 bridgehead atoms. The number of aryl methyl sites for hydroxylation is 1. The van der Waals surface area contributed by atoms with Crippen molar-refractivity contribution >= 4 is 12.0 Å². The van der Waals surface area contributed by atoms with Crippen molar-refractivity contribution in [3.63, 3.8) is 0 Å². The summed E-state index contributed by atoms with van der Waals surface area (Å²) in [5.74, 6) is -0.949. The minimum absolute atomic E-state index is 0.926. The Hall–Kier alpha value is -1.84. The summed E-state index contributed by atoms with van der Waals surface area (Å²) < 4.78 is 1.84. The fourth-order valence-corrected chi connectivity index (χ4v) is 0.820. The fraction of sp³-hybridized carbons (Fsp3) is 0.111. The van der Waals surface area contributed by atoms with E-state index >= 15 is 0 Å². The van der Waals surface area contributed by atoms with Crippen molar-refractivity contribution in [3.8, 4) is 0 Å². The highest BCUT2D eigenvalue weighted by atomic mass is 16.4. The molecule has 0 atom stereocenters. The number of rotatable bonds is 3. The fourth-order valence-electron chi connectivity index (χ4n) is 0.820. The SMILES string of the molecule is Cn1cncc1/C=C/C=C/C(=O)O. The minimum Gasteiger partial charge on any atom is -0.478 e. The second-order valence-corrected chi connectivity index (χ2v) is 2.49. The maximum Gasteiger partial charge on any atom is 0.328 e. The van der Waals surface area contributed by atoms with E-state index in [4.69, 9.17) is 5.11 Å². The second-order valence-electron chi connectivity index (χ2n) is 2.49. The lowest BCUT2D eigenvalue weighted by atomic mass is 10.4. The summed E-state index contributed by atoms with van der Waals surface area (Å²) in [5.41, 5.74) is 0.926. The van der Waals surface area contributed by atoms with E-state index in [9.17, 15) is 4.79 Å². The molecule has 0 aliphatic heterocycles. The number of imidazole rings is 1. The molecule has 0 aliphatic carbocycles. The highest BCUT2D eigenvalue weighted by Gasteiger charge is 1.89. The van der Waals surface area contributed by atoms with Gasteiger partial charge in [0.15, 0.2) is 0 Å². The summed E-state index contributed by atoms with van der Waals surface area (Å²) in [6.07, 6.45) is 9.37. The van der Waals surface area contributed by atoms with Crippen LogP contribution in [0.1, 0.15) is 5.69 Å². The molecule has 0 radical (unpaired) electrons. The molecule has 13 heavy (non-hydrogen) atoms. The van der Waals surface area contributed by atoms with E-state index in [1.165, 1.54) is 6.08 Å². The molecular weight excluding hydrogens is 168 g/mol. The lowest BCUT2D eigenvalue weighted by molar-refractivity contribution is -0.131. The maximum absolute atomic E-state index is 10.1. The molecule has 0 spiro atoms. The van der Waals surface area contributed by atoms with Crippen molar-refractivity contribution in [1.29, 1.82) is 0 Å². The van der Waals surface area contributed by atoms with Crippen molar-refractivity contribution in [2.45, 2.75) is 0 Å². The van der Waals surface area contributed by atoms with Crippen LogP contribution in [0, 0.1) is 0 Å². The third-order valence-corrected chi connectivity index (χ3v) is 1.47. The van der Waals surface area contributed by atoms with E-state index in [0.717, 1.165) is 11.8 Å². The Morgan fingerprint density at radius 1 is 1.62 bits per heavy atom. The summed E-state index contributed by atoms with van der Waals surface area (Å²) in [6.45, 7) is 0. The minimum atomic E-state index is -0.949. The van der Waals surface area contributed by atoms with Gasteiger partial charge in [-0.1, -0.05) is 12.2 Å². The Kier molecular flexibility index (Phi) is 3.03. The predicted molar refractivity (Wildman–Crippen MR) is 49.0 cm³/mol. The maximum atomic E-state index is 10.1. The van der Waals surface area contributed by atoms with Gasteiger partial charge in [-0.2, -0.15) is 0 Å². The average Bonchev–Trinajstić information content (AvgIpc) is 2.45. The number of carboxylic acid groups (broad SMARTS) is 1. The first kappa shape index (κ1) is 9.25. The van der Waals surface area contributed by atoms with Crippen LogP contribution in [0.3, 0.4) is 0 Å². The Bertz CT molecular complexity index is 350. The number of aliphatic carboxylic acids is 1. The molecule has 1 N–H and O–H groups in total. The molecule has 0 amide bonds. The molecule has 4 heteroatoms.